The van der Waals surface area contributed by atoms with Crippen LogP contribution in [0.3, 0.4) is 0 Å². The van der Waals surface area contributed by atoms with Crippen molar-refractivity contribution in [3.05, 3.63) is 42.0 Å². The molecular weight excluding hydrogens is 228 g/mol. The van der Waals surface area contributed by atoms with Crippen molar-refractivity contribution < 1.29 is 9.53 Å². The quantitative estimate of drug-likeness (QED) is 0.639. The van der Waals surface area contributed by atoms with Gasteiger partial charge in [-0.3, -0.25) is 0 Å². The Morgan fingerprint density at radius 1 is 1.56 bits per heavy atom. The molecule has 0 radical (unpaired) electrons. The van der Waals surface area contributed by atoms with Crippen LogP contribution in [-0.2, 0) is 9.53 Å². The molecule has 0 bridgehead atoms. The molecule has 1 aliphatic heterocycles. The molecule has 0 aliphatic carbocycles. The minimum absolute atomic E-state index is 0.319. The van der Waals surface area contributed by atoms with Gasteiger partial charge >= 0.3 is 5.97 Å². The predicted octanol–water partition coefficient (Wildman–Crippen LogP) is 2.55. The molecule has 2 atom stereocenters. The number of carbonyl (C=O) groups is 1. The van der Waals surface area contributed by atoms with E-state index < -0.39 is 17.6 Å². The summed E-state index contributed by atoms with van der Waals surface area (Å²) in [6.45, 7) is 6.84. The van der Waals surface area contributed by atoms with Crippen molar-refractivity contribution in [2.24, 2.45) is 0 Å². The third kappa shape index (κ3) is 1.84. The van der Waals surface area contributed by atoms with E-state index in [1.807, 2.05) is 24.3 Å². The smallest absolute Gasteiger partial charge is 0.333 e. The van der Waals surface area contributed by atoms with Crippen molar-refractivity contribution >= 4 is 11.7 Å². The van der Waals surface area contributed by atoms with Gasteiger partial charge < -0.3 is 10.1 Å². The van der Waals surface area contributed by atoms with Gasteiger partial charge in [-0.05, 0) is 19.9 Å². The predicted molar refractivity (Wildman–Crippen MR) is 67.7 cm³/mol. The Bertz CT molecular complexity index is 559. The number of esters is 1. The molecule has 4 heteroatoms. The molecule has 2 rings (SSSR count). The third-order valence-electron chi connectivity index (χ3n) is 2.97. The minimum atomic E-state index is -0.950. The first kappa shape index (κ1) is 12.2. The molecule has 1 aromatic rings. The molecule has 0 aromatic heterocycles. The summed E-state index contributed by atoms with van der Waals surface area (Å²) in [5.74, 6) is -0.486. The molecule has 0 amide bonds. The summed E-state index contributed by atoms with van der Waals surface area (Å²) >= 11 is 0. The lowest BCUT2D eigenvalue weighted by atomic mass is 9.95. The molecule has 1 N–H and O–H groups in total. The number of rotatable bonds is 2. The second-order valence-corrected chi connectivity index (χ2v) is 4.59. The highest BCUT2D eigenvalue weighted by Crippen LogP contribution is 2.43. The summed E-state index contributed by atoms with van der Waals surface area (Å²) in [6.07, 6.45) is -0.622. The zero-order valence-corrected chi connectivity index (χ0v) is 10.4. The van der Waals surface area contributed by atoms with Gasteiger partial charge in [0, 0.05) is 16.8 Å². The number of nitrogens with one attached hydrogen (secondary N) is 1. The average Bonchev–Trinajstić information content (AvgIpc) is 2.63. The molecule has 18 heavy (non-hydrogen) atoms. The SMILES string of the molecule is C=C(C)C(=O)OC1c2ccccc2NC1(C)C#N. The van der Waals surface area contributed by atoms with Crippen LogP contribution in [0.25, 0.3) is 0 Å². The van der Waals surface area contributed by atoms with E-state index in [-0.39, 0.29) is 0 Å². The second-order valence-electron chi connectivity index (χ2n) is 4.59. The Kier molecular flexibility index (Phi) is 2.84. The van der Waals surface area contributed by atoms with Gasteiger partial charge in [0.05, 0.1) is 6.07 Å². The Morgan fingerprint density at radius 3 is 2.83 bits per heavy atom. The lowest BCUT2D eigenvalue weighted by Crippen LogP contribution is -2.36. The fourth-order valence-corrected chi connectivity index (χ4v) is 1.97. The minimum Gasteiger partial charge on any atom is -0.450 e. The van der Waals surface area contributed by atoms with E-state index in [2.05, 4.69) is 18.0 Å². The van der Waals surface area contributed by atoms with Gasteiger partial charge in [0.15, 0.2) is 11.6 Å². The van der Waals surface area contributed by atoms with Gasteiger partial charge in [0.25, 0.3) is 0 Å². The number of para-hydroxylation sites is 1. The second kappa shape index (κ2) is 4.19. The molecule has 1 aromatic carbocycles. The summed E-state index contributed by atoms with van der Waals surface area (Å²) < 4.78 is 5.38. The number of nitriles is 1. The number of hydrogen-bond acceptors (Lipinski definition) is 4. The maximum Gasteiger partial charge on any atom is 0.333 e. The van der Waals surface area contributed by atoms with E-state index in [1.54, 1.807) is 13.8 Å². The largest absolute Gasteiger partial charge is 0.450 e. The highest BCUT2D eigenvalue weighted by molar-refractivity contribution is 5.87. The van der Waals surface area contributed by atoms with Gasteiger partial charge in [-0.1, -0.05) is 24.8 Å². The zero-order valence-electron chi connectivity index (χ0n) is 10.4. The van der Waals surface area contributed by atoms with Crippen LogP contribution in [0.4, 0.5) is 5.69 Å². The van der Waals surface area contributed by atoms with Gasteiger partial charge in [0.1, 0.15) is 0 Å². The highest BCUT2D eigenvalue weighted by Gasteiger charge is 2.45. The van der Waals surface area contributed by atoms with Crippen LogP contribution < -0.4 is 5.32 Å². The summed E-state index contributed by atoms with van der Waals surface area (Å²) in [7, 11) is 0. The topological polar surface area (TPSA) is 62.1 Å². The van der Waals surface area contributed by atoms with Crippen LogP contribution in [0.5, 0.6) is 0 Å². The first-order chi connectivity index (χ1) is 8.48. The fourth-order valence-electron chi connectivity index (χ4n) is 1.97. The average molecular weight is 242 g/mol. The van der Waals surface area contributed by atoms with Crippen molar-refractivity contribution in [3.8, 4) is 6.07 Å². The highest BCUT2D eigenvalue weighted by atomic mass is 16.5. The molecule has 2 unspecified atom stereocenters. The van der Waals surface area contributed by atoms with E-state index in [0.717, 1.165) is 11.3 Å². The molecular formula is C14H14N2O2. The van der Waals surface area contributed by atoms with E-state index >= 15 is 0 Å². The van der Waals surface area contributed by atoms with E-state index in [1.165, 1.54) is 0 Å². The Morgan fingerprint density at radius 2 is 2.22 bits per heavy atom. The molecule has 92 valence electrons. The Hall–Kier alpha value is -2.28. The molecule has 1 heterocycles. The molecule has 0 saturated heterocycles. The van der Waals surface area contributed by atoms with Crippen LogP contribution in [0.2, 0.25) is 0 Å². The normalized spacial score (nSPS) is 24.6. The fraction of sp³-hybridized carbons (Fsp3) is 0.286. The first-order valence-corrected chi connectivity index (χ1v) is 5.63. The summed E-state index contributed by atoms with van der Waals surface area (Å²) in [4.78, 5) is 11.7. The molecule has 0 saturated carbocycles. The molecule has 0 fully saturated rings. The molecule has 1 aliphatic rings. The summed E-state index contributed by atoms with van der Waals surface area (Å²) in [6, 6.07) is 9.59. The van der Waals surface area contributed by atoms with Crippen molar-refractivity contribution in [1.82, 2.24) is 0 Å². The number of fused-ring (bicyclic) bond motifs is 1. The lowest BCUT2D eigenvalue weighted by molar-refractivity contribution is -0.146. The standard InChI is InChI=1S/C14H14N2O2/c1-9(2)13(17)18-12-10-6-4-5-7-11(10)16-14(12,3)8-15/h4-7,12,16H,1H2,2-3H3. The summed E-state index contributed by atoms with van der Waals surface area (Å²) in [5, 5.41) is 12.4. The van der Waals surface area contributed by atoms with E-state index in [0.29, 0.717) is 5.57 Å². The Labute approximate surface area is 106 Å². The van der Waals surface area contributed by atoms with Crippen molar-refractivity contribution in [1.29, 1.82) is 5.26 Å². The van der Waals surface area contributed by atoms with Gasteiger partial charge in [-0.15, -0.1) is 0 Å². The molecule has 4 nitrogen and oxygen atoms in total. The van der Waals surface area contributed by atoms with Crippen LogP contribution in [0.15, 0.2) is 36.4 Å². The van der Waals surface area contributed by atoms with E-state index in [9.17, 15) is 10.1 Å². The number of benzene rings is 1. The van der Waals surface area contributed by atoms with Gasteiger partial charge in [-0.25, -0.2) is 4.79 Å². The number of nitrogens with zero attached hydrogens (tertiary/aromatic N) is 1. The first-order valence-electron chi connectivity index (χ1n) is 5.63. The van der Waals surface area contributed by atoms with Crippen molar-refractivity contribution in [2.45, 2.75) is 25.5 Å². The van der Waals surface area contributed by atoms with Gasteiger partial charge in [0.2, 0.25) is 0 Å². The number of carbonyl (C=O) groups excluding carboxylic acids is 1. The molecule has 0 spiro atoms. The van der Waals surface area contributed by atoms with Crippen LogP contribution in [0.1, 0.15) is 25.5 Å². The number of ether oxygens (including phenoxy) is 1. The number of hydrogen-bond donors (Lipinski definition) is 1. The monoisotopic (exact) mass is 242 g/mol. The van der Waals surface area contributed by atoms with E-state index in [4.69, 9.17) is 4.74 Å². The summed E-state index contributed by atoms with van der Waals surface area (Å²) in [5.41, 5.74) is 1.01. The van der Waals surface area contributed by atoms with Crippen molar-refractivity contribution in [2.75, 3.05) is 5.32 Å². The van der Waals surface area contributed by atoms with Crippen molar-refractivity contribution in [3.63, 3.8) is 0 Å². The maximum absolute atomic E-state index is 11.7. The zero-order chi connectivity index (χ0) is 13.3. The lowest BCUT2D eigenvalue weighted by Gasteiger charge is -2.24. The number of anilines is 1. The maximum atomic E-state index is 11.7. The van der Waals surface area contributed by atoms with Gasteiger partial charge in [-0.2, -0.15) is 5.26 Å². The van der Waals surface area contributed by atoms with Crippen LogP contribution in [0, 0.1) is 11.3 Å². The third-order valence-corrected chi connectivity index (χ3v) is 2.97. The van der Waals surface area contributed by atoms with Crippen LogP contribution >= 0.6 is 0 Å². The Balaban J connectivity index is 2.39. The van der Waals surface area contributed by atoms with Crippen LogP contribution in [-0.4, -0.2) is 11.5 Å².